The Morgan fingerprint density at radius 2 is 1.92 bits per heavy atom. The van der Waals surface area contributed by atoms with E-state index in [2.05, 4.69) is 15.4 Å². The summed E-state index contributed by atoms with van der Waals surface area (Å²) < 4.78 is 10.9. The number of nitrogens with zero attached hydrogens (tertiary/aromatic N) is 3. The third-order valence-corrected chi connectivity index (χ3v) is 4.14. The number of anilines is 1. The van der Waals surface area contributed by atoms with Gasteiger partial charge in [0.2, 0.25) is 0 Å². The number of hydrazone groups is 1. The van der Waals surface area contributed by atoms with Crippen molar-refractivity contribution in [1.29, 1.82) is 0 Å². The highest BCUT2D eigenvalue weighted by atomic mass is 16.5. The van der Waals surface area contributed by atoms with E-state index in [0.717, 1.165) is 38.7 Å². The Morgan fingerprint density at radius 3 is 2.58 bits per heavy atom. The number of rotatable bonds is 6. The van der Waals surface area contributed by atoms with Gasteiger partial charge in [0, 0.05) is 45.4 Å². The molecule has 1 aliphatic rings. The van der Waals surface area contributed by atoms with Crippen LogP contribution in [-0.2, 0) is 11.3 Å². The van der Waals surface area contributed by atoms with Crippen LogP contribution >= 0.6 is 0 Å². The van der Waals surface area contributed by atoms with Crippen LogP contribution in [0.25, 0.3) is 0 Å². The lowest BCUT2D eigenvalue weighted by Crippen LogP contribution is -2.35. The second kappa shape index (κ2) is 8.64. The van der Waals surface area contributed by atoms with Gasteiger partial charge in [0.05, 0.1) is 19.4 Å². The second-order valence-corrected chi connectivity index (χ2v) is 6.35. The molecule has 1 saturated heterocycles. The van der Waals surface area contributed by atoms with E-state index in [0.29, 0.717) is 11.3 Å². The van der Waals surface area contributed by atoms with Gasteiger partial charge >= 0.3 is 0 Å². The number of ether oxygens (including phenoxy) is 1. The number of carbonyl (C=O) groups excluding carboxylic acids is 1. The van der Waals surface area contributed by atoms with E-state index in [1.165, 1.54) is 11.8 Å². The molecule has 7 nitrogen and oxygen atoms in total. The maximum absolute atomic E-state index is 12.2. The lowest BCUT2D eigenvalue weighted by molar-refractivity contribution is 0.0342. The number of nitrogens with one attached hydrogen (secondary N) is 1. The predicted molar refractivity (Wildman–Crippen MR) is 101 cm³/mol. The summed E-state index contributed by atoms with van der Waals surface area (Å²) in [6.07, 6.45) is 1.48. The van der Waals surface area contributed by atoms with Gasteiger partial charge in [0.25, 0.3) is 5.91 Å². The summed E-state index contributed by atoms with van der Waals surface area (Å²) in [5.41, 5.74) is 4.27. The smallest absolute Gasteiger partial charge is 0.271 e. The Balaban J connectivity index is 1.51. The molecule has 0 radical (unpaired) electrons. The quantitative estimate of drug-likeness (QED) is 0.633. The van der Waals surface area contributed by atoms with Crippen molar-refractivity contribution in [2.45, 2.75) is 6.54 Å². The van der Waals surface area contributed by atoms with E-state index < -0.39 is 0 Å². The van der Waals surface area contributed by atoms with Crippen LogP contribution < -0.4 is 10.3 Å². The highest BCUT2D eigenvalue weighted by Crippen LogP contribution is 2.14. The maximum Gasteiger partial charge on any atom is 0.271 e. The molecule has 1 amide bonds. The molecule has 2 heterocycles. The molecule has 7 heteroatoms. The molecular formula is C19H24N4O3. The summed E-state index contributed by atoms with van der Waals surface area (Å²) in [7, 11) is 3.79. The minimum atomic E-state index is -0.251. The normalized spacial score (nSPS) is 15.3. The molecule has 3 rings (SSSR count). The van der Waals surface area contributed by atoms with E-state index >= 15 is 0 Å². The van der Waals surface area contributed by atoms with Crippen molar-refractivity contribution < 1.29 is 13.9 Å². The molecule has 0 saturated carbocycles. The Kier molecular flexibility index (Phi) is 6.04. The van der Waals surface area contributed by atoms with Crippen LogP contribution in [0, 0.1) is 0 Å². The van der Waals surface area contributed by atoms with Crippen LogP contribution in [0.1, 0.15) is 21.7 Å². The van der Waals surface area contributed by atoms with Crippen molar-refractivity contribution in [3.8, 4) is 0 Å². The van der Waals surface area contributed by atoms with E-state index in [-0.39, 0.29) is 5.91 Å². The minimum absolute atomic E-state index is 0.251. The van der Waals surface area contributed by atoms with Gasteiger partial charge in [-0.05, 0) is 23.8 Å². The maximum atomic E-state index is 12.2. The largest absolute Gasteiger partial charge is 0.440 e. The second-order valence-electron chi connectivity index (χ2n) is 6.35. The van der Waals surface area contributed by atoms with Gasteiger partial charge in [-0.15, -0.1) is 0 Å². The molecule has 1 aliphatic heterocycles. The average Bonchev–Trinajstić information content (AvgIpc) is 3.12. The van der Waals surface area contributed by atoms with Crippen LogP contribution in [0.4, 0.5) is 5.88 Å². The van der Waals surface area contributed by atoms with Crippen LogP contribution in [0.2, 0.25) is 0 Å². The van der Waals surface area contributed by atoms with Gasteiger partial charge < -0.3 is 14.1 Å². The SMILES string of the molecule is CN(C)c1ccc(/C=N\NC(=O)c2ccc(CN3CCOCC3)cc2)o1. The zero-order valence-corrected chi connectivity index (χ0v) is 15.1. The molecule has 1 aromatic heterocycles. The lowest BCUT2D eigenvalue weighted by atomic mass is 10.1. The summed E-state index contributed by atoms with van der Waals surface area (Å²) in [6.45, 7) is 4.32. The van der Waals surface area contributed by atoms with Crippen LogP contribution in [0.15, 0.2) is 45.9 Å². The third-order valence-electron chi connectivity index (χ3n) is 4.14. The van der Waals surface area contributed by atoms with Gasteiger partial charge in [-0.3, -0.25) is 9.69 Å². The number of furan rings is 1. The zero-order valence-electron chi connectivity index (χ0n) is 15.1. The van der Waals surface area contributed by atoms with E-state index in [1.807, 2.05) is 49.3 Å². The lowest BCUT2D eigenvalue weighted by Gasteiger charge is -2.26. The van der Waals surface area contributed by atoms with Gasteiger partial charge in [0.1, 0.15) is 5.76 Å². The molecule has 0 atom stereocenters. The first-order valence-corrected chi connectivity index (χ1v) is 8.61. The average molecular weight is 356 g/mol. The number of hydrogen-bond acceptors (Lipinski definition) is 6. The number of morpholine rings is 1. The number of hydrogen-bond donors (Lipinski definition) is 1. The zero-order chi connectivity index (χ0) is 18.4. The van der Waals surface area contributed by atoms with Crippen LogP contribution in [0.5, 0.6) is 0 Å². The van der Waals surface area contributed by atoms with Crippen molar-refractivity contribution in [2.24, 2.45) is 5.10 Å². The summed E-state index contributed by atoms with van der Waals surface area (Å²) in [5.74, 6) is 1.06. The Morgan fingerprint density at radius 1 is 1.19 bits per heavy atom. The Bertz CT molecular complexity index is 746. The standard InChI is InChI=1S/C19H24N4O3/c1-22(2)18-8-7-17(26-18)13-20-21-19(24)16-5-3-15(4-6-16)14-23-9-11-25-12-10-23/h3-8,13H,9-12,14H2,1-2H3,(H,21,24)/b20-13-. The third kappa shape index (κ3) is 4.93. The van der Waals surface area contributed by atoms with Crippen molar-refractivity contribution in [1.82, 2.24) is 10.3 Å². The number of benzene rings is 1. The first-order valence-electron chi connectivity index (χ1n) is 8.61. The molecule has 1 fully saturated rings. The molecular weight excluding hydrogens is 332 g/mol. The Labute approximate surface area is 153 Å². The summed E-state index contributed by atoms with van der Waals surface area (Å²) in [4.78, 5) is 16.4. The van der Waals surface area contributed by atoms with Gasteiger partial charge in [-0.1, -0.05) is 12.1 Å². The fraction of sp³-hybridized carbons (Fsp3) is 0.368. The van der Waals surface area contributed by atoms with E-state index in [1.54, 1.807) is 6.07 Å². The Hall–Kier alpha value is -2.64. The monoisotopic (exact) mass is 356 g/mol. The fourth-order valence-corrected chi connectivity index (χ4v) is 2.65. The van der Waals surface area contributed by atoms with Crippen LogP contribution in [0.3, 0.4) is 0 Å². The highest BCUT2D eigenvalue weighted by molar-refractivity contribution is 5.94. The van der Waals surface area contributed by atoms with Gasteiger partial charge in [0.15, 0.2) is 5.88 Å². The molecule has 138 valence electrons. The molecule has 0 aliphatic carbocycles. The van der Waals surface area contributed by atoms with Crippen molar-refractivity contribution in [3.63, 3.8) is 0 Å². The van der Waals surface area contributed by atoms with Crippen molar-refractivity contribution >= 4 is 18.0 Å². The van der Waals surface area contributed by atoms with Gasteiger partial charge in [-0.2, -0.15) is 5.10 Å². The molecule has 1 aromatic carbocycles. The molecule has 0 unspecified atom stereocenters. The molecule has 0 bridgehead atoms. The molecule has 2 aromatic rings. The summed E-state index contributed by atoms with van der Waals surface area (Å²) >= 11 is 0. The first-order chi connectivity index (χ1) is 12.6. The fourth-order valence-electron chi connectivity index (χ4n) is 2.65. The summed E-state index contributed by atoms with van der Waals surface area (Å²) in [6, 6.07) is 11.2. The van der Waals surface area contributed by atoms with Crippen LogP contribution in [-0.4, -0.2) is 57.4 Å². The minimum Gasteiger partial charge on any atom is -0.440 e. The van der Waals surface area contributed by atoms with Crippen molar-refractivity contribution in [2.75, 3.05) is 45.3 Å². The molecule has 0 spiro atoms. The first kappa shape index (κ1) is 18.2. The van der Waals surface area contributed by atoms with E-state index in [4.69, 9.17) is 9.15 Å². The van der Waals surface area contributed by atoms with Gasteiger partial charge in [-0.25, -0.2) is 5.43 Å². The topological polar surface area (TPSA) is 70.3 Å². The van der Waals surface area contributed by atoms with Crippen molar-refractivity contribution in [3.05, 3.63) is 53.3 Å². The summed E-state index contributed by atoms with van der Waals surface area (Å²) in [5, 5.41) is 3.95. The highest BCUT2D eigenvalue weighted by Gasteiger charge is 2.11. The van der Waals surface area contributed by atoms with E-state index in [9.17, 15) is 4.79 Å². The molecule has 26 heavy (non-hydrogen) atoms. The number of carbonyl (C=O) groups is 1. The molecule has 1 N–H and O–H groups in total. The predicted octanol–water partition coefficient (Wildman–Crippen LogP) is 1.94. The number of amides is 1.